The zero-order chi connectivity index (χ0) is 13.4. The van der Waals surface area contributed by atoms with E-state index in [1.165, 1.54) is 12.7 Å². The van der Waals surface area contributed by atoms with E-state index in [2.05, 4.69) is 29.9 Å². The summed E-state index contributed by atoms with van der Waals surface area (Å²) >= 11 is 1.09. The summed E-state index contributed by atoms with van der Waals surface area (Å²) in [6.45, 7) is 1.66. The largest absolute Gasteiger partial charge is 0.358 e. The van der Waals surface area contributed by atoms with Crippen molar-refractivity contribution >= 4 is 28.7 Å². The molecule has 0 aromatic carbocycles. The fraction of sp³-hybridized carbons (Fsp3) is 0.111. The molecule has 3 heterocycles. The first kappa shape index (κ1) is 11.6. The van der Waals surface area contributed by atoms with Gasteiger partial charge in [-0.2, -0.15) is 4.98 Å². The van der Waals surface area contributed by atoms with Crippen molar-refractivity contribution in [2.24, 2.45) is 0 Å². The van der Waals surface area contributed by atoms with Gasteiger partial charge in [-0.25, -0.2) is 19.9 Å². The lowest BCUT2D eigenvalue weighted by Crippen LogP contribution is -1.91. The summed E-state index contributed by atoms with van der Waals surface area (Å²) in [5.41, 5.74) is 1.13. The van der Waals surface area contributed by atoms with Crippen molar-refractivity contribution in [3.63, 3.8) is 0 Å². The van der Waals surface area contributed by atoms with Gasteiger partial charge in [-0.05, 0) is 16.7 Å². The molecule has 3 rings (SSSR count). The SMILES string of the molecule is Cc1nc(Sc2ncnc3nc[nH]c23)c([N+](=O)[O-])[nH]1. The summed E-state index contributed by atoms with van der Waals surface area (Å²) < 4.78 is 0. The molecule has 0 saturated heterocycles. The van der Waals surface area contributed by atoms with Gasteiger partial charge in [0, 0.05) is 6.92 Å². The monoisotopic (exact) mass is 277 g/mol. The topological polar surface area (TPSA) is 126 Å². The number of hydrogen-bond donors (Lipinski definition) is 2. The van der Waals surface area contributed by atoms with E-state index >= 15 is 0 Å². The summed E-state index contributed by atoms with van der Waals surface area (Å²) in [5, 5.41) is 11.7. The zero-order valence-corrected chi connectivity index (χ0v) is 10.4. The second kappa shape index (κ2) is 4.31. The first-order chi connectivity index (χ1) is 9.15. The van der Waals surface area contributed by atoms with Crippen molar-refractivity contribution in [2.45, 2.75) is 17.0 Å². The van der Waals surface area contributed by atoms with Crippen molar-refractivity contribution < 1.29 is 4.92 Å². The molecule has 96 valence electrons. The number of fused-ring (bicyclic) bond motifs is 1. The molecule has 0 amide bonds. The molecule has 9 nitrogen and oxygen atoms in total. The van der Waals surface area contributed by atoms with Gasteiger partial charge in [-0.15, -0.1) is 0 Å². The van der Waals surface area contributed by atoms with Gasteiger partial charge in [0.15, 0.2) is 16.5 Å². The molecule has 0 unspecified atom stereocenters. The summed E-state index contributed by atoms with van der Waals surface area (Å²) in [6, 6.07) is 0. The van der Waals surface area contributed by atoms with Gasteiger partial charge in [-0.3, -0.25) is 0 Å². The Labute approximate surface area is 110 Å². The van der Waals surface area contributed by atoms with Crippen LogP contribution in [0.15, 0.2) is 22.7 Å². The maximum atomic E-state index is 10.9. The summed E-state index contributed by atoms with van der Waals surface area (Å²) in [4.78, 5) is 32.1. The van der Waals surface area contributed by atoms with Crippen LogP contribution in [0, 0.1) is 17.0 Å². The average molecular weight is 277 g/mol. The zero-order valence-electron chi connectivity index (χ0n) is 9.62. The van der Waals surface area contributed by atoms with Crippen LogP contribution in [0.25, 0.3) is 11.2 Å². The number of H-pyrrole nitrogens is 2. The van der Waals surface area contributed by atoms with Crippen LogP contribution < -0.4 is 0 Å². The average Bonchev–Trinajstić information content (AvgIpc) is 2.96. The Balaban J connectivity index is 2.06. The van der Waals surface area contributed by atoms with Gasteiger partial charge in [0.1, 0.15) is 16.9 Å². The molecule has 0 bridgehead atoms. The van der Waals surface area contributed by atoms with Crippen molar-refractivity contribution in [1.82, 2.24) is 29.9 Å². The Morgan fingerprint density at radius 1 is 1.32 bits per heavy atom. The van der Waals surface area contributed by atoms with Crippen molar-refractivity contribution in [3.05, 3.63) is 28.6 Å². The van der Waals surface area contributed by atoms with E-state index in [0.717, 1.165) is 11.8 Å². The minimum Gasteiger partial charge on any atom is -0.358 e. The standard InChI is InChI=1S/C9H7N7O2S/c1-4-14-7(16(17)18)9(15-4)19-8-5-6(11-2-10-5)12-3-13-8/h2-3H,1H3,(H,14,15)(H,10,11,12,13). The molecule has 19 heavy (non-hydrogen) atoms. The fourth-order valence-electron chi connectivity index (χ4n) is 1.56. The Kier molecular flexibility index (Phi) is 2.63. The van der Waals surface area contributed by atoms with Crippen LogP contribution in [0.4, 0.5) is 5.82 Å². The predicted octanol–water partition coefficient (Wildman–Crippen LogP) is 1.44. The molecular weight excluding hydrogens is 270 g/mol. The van der Waals surface area contributed by atoms with Crippen LogP contribution in [0.5, 0.6) is 0 Å². The number of imidazole rings is 2. The first-order valence-electron chi connectivity index (χ1n) is 5.18. The fourth-order valence-corrected chi connectivity index (χ4v) is 2.50. The van der Waals surface area contributed by atoms with Gasteiger partial charge in [0.05, 0.1) is 6.33 Å². The molecule has 0 aliphatic heterocycles. The molecule has 0 fully saturated rings. The Bertz CT molecular complexity index is 765. The van der Waals surface area contributed by atoms with Gasteiger partial charge in [-0.1, -0.05) is 0 Å². The molecule has 0 spiro atoms. The van der Waals surface area contributed by atoms with Crippen molar-refractivity contribution in [2.75, 3.05) is 0 Å². The lowest BCUT2D eigenvalue weighted by Gasteiger charge is -1.98. The quantitative estimate of drug-likeness (QED) is 0.421. The van der Waals surface area contributed by atoms with E-state index in [-0.39, 0.29) is 10.8 Å². The van der Waals surface area contributed by atoms with E-state index in [4.69, 9.17) is 0 Å². The van der Waals surface area contributed by atoms with Gasteiger partial charge in [0.2, 0.25) is 0 Å². The number of nitrogens with one attached hydrogen (secondary N) is 2. The third kappa shape index (κ3) is 2.01. The van der Waals surface area contributed by atoms with Crippen molar-refractivity contribution in [1.29, 1.82) is 0 Å². The number of aryl methyl sites for hydroxylation is 1. The van der Waals surface area contributed by atoms with E-state index in [1.54, 1.807) is 6.92 Å². The maximum absolute atomic E-state index is 10.9. The van der Waals surface area contributed by atoms with Crippen LogP contribution in [-0.4, -0.2) is 34.8 Å². The molecule has 0 aliphatic carbocycles. The Morgan fingerprint density at radius 2 is 2.16 bits per heavy atom. The summed E-state index contributed by atoms with van der Waals surface area (Å²) in [7, 11) is 0. The molecule has 3 aromatic rings. The molecule has 0 atom stereocenters. The van der Waals surface area contributed by atoms with Crippen LogP contribution in [-0.2, 0) is 0 Å². The molecular formula is C9H7N7O2S. The van der Waals surface area contributed by atoms with E-state index in [9.17, 15) is 10.1 Å². The molecule has 2 N–H and O–H groups in total. The third-order valence-corrected chi connectivity index (χ3v) is 3.32. The number of hydrogen-bond acceptors (Lipinski definition) is 7. The van der Waals surface area contributed by atoms with Crippen molar-refractivity contribution in [3.8, 4) is 0 Å². The maximum Gasteiger partial charge on any atom is 0.355 e. The van der Waals surface area contributed by atoms with Crippen LogP contribution >= 0.6 is 11.8 Å². The number of rotatable bonds is 3. The van der Waals surface area contributed by atoms with E-state index < -0.39 is 4.92 Å². The highest BCUT2D eigenvalue weighted by Gasteiger charge is 2.21. The predicted molar refractivity (Wildman–Crippen MR) is 65.8 cm³/mol. The summed E-state index contributed by atoms with van der Waals surface area (Å²) in [6.07, 6.45) is 2.85. The molecule has 0 saturated carbocycles. The third-order valence-electron chi connectivity index (χ3n) is 2.34. The number of aromatic nitrogens is 6. The van der Waals surface area contributed by atoms with Crippen LogP contribution in [0.2, 0.25) is 0 Å². The first-order valence-corrected chi connectivity index (χ1v) is 5.99. The Morgan fingerprint density at radius 3 is 2.95 bits per heavy atom. The van der Waals surface area contributed by atoms with Crippen LogP contribution in [0.3, 0.4) is 0 Å². The molecule has 10 heteroatoms. The highest BCUT2D eigenvalue weighted by atomic mass is 32.2. The lowest BCUT2D eigenvalue weighted by atomic mass is 10.6. The smallest absolute Gasteiger partial charge is 0.355 e. The highest BCUT2D eigenvalue weighted by molar-refractivity contribution is 7.99. The molecule has 3 aromatic heterocycles. The summed E-state index contributed by atoms with van der Waals surface area (Å²) in [5.74, 6) is 0.331. The normalized spacial score (nSPS) is 11.0. The van der Waals surface area contributed by atoms with E-state index in [0.29, 0.717) is 22.0 Å². The number of aromatic amines is 2. The second-order valence-electron chi connectivity index (χ2n) is 3.62. The number of nitro groups is 1. The minimum absolute atomic E-state index is 0.145. The Hall–Kier alpha value is -2.49. The second-order valence-corrected chi connectivity index (χ2v) is 4.59. The lowest BCUT2D eigenvalue weighted by molar-refractivity contribution is -0.392. The van der Waals surface area contributed by atoms with Crippen LogP contribution in [0.1, 0.15) is 5.82 Å². The van der Waals surface area contributed by atoms with Gasteiger partial charge >= 0.3 is 5.82 Å². The van der Waals surface area contributed by atoms with Gasteiger partial charge in [0.25, 0.3) is 0 Å². The minimum atomic E-state index is -0.506. The highest BCUT2D eigenvalue weighted by Crippen LogP contribution is 2.33. The molecule has 0 radical (unpaired) electrons. The number of nitrogens with zero attached hydrogens (tertiary/aromatic N) is 5. The van der Waals surface area contributed by atoms with Gasteiger partial charge < -0.3 is 15.1 Å². The van der Waals surface area contributed by atoms with E-state index in [1.807, 2.05) is 0 Å². The molecule has 0 aliphatic rings.